The van der Waals surface area contributed by atoms with Crippen molar-refractivity contribution >= 4 is 17.4 Å². The van der Waals surface area contributed by atoms with Gasteiger partial charge in [-0.3, -0.25) is 4.98 Å². The lowest BCUT2D eigenvalue weighted by Gasteiger charge is -2.36. The quantitative estimate of drug-likeness (QED) is 0.888. The highest BCUT2D eigenvalue weighted by Crippen LogP contribution is 2.40. The Hall–Kier alpha value is -0.780. The number of thioether (sulfide) groups is 1. The first-order chi connectivity index (χ1) is 8.77. The third-order valence-electron chi connectivity index (χ3n) is 3.62. The molecule has 1 aromatic heterocycles. The number of hydrogen-bond acceptors (Lipinski definition) is 5. The summed E-state index contributed by atoms with van der Waals surface area (Å²) >= 11 is 1.85. The average Bonchev–Trinajstić information content (AvgIpc) is 2.80. The molecule has 2 aliphatic rings. The Kier molecular flexibility index (Phi) is 3.46. The molecule has 0 bridgehead atoms. The third kappa shape index (κ3) is 2.48. The molecule has 0 amide bonds. The SMILES string of the molecule is Nc1cnccc1SC1CCOC2(CCOC2)C1. The summed E-state index contributed by atoms with van der Waals surface area (Å²) in [5.41, 5.74) is 6.68. The zero-order valence-electron chi connectivity index (χ0n) is 10.3. The highest BCUT2D eigenvalue weighted by molar-refractivity contribution is 8.00. The van der Waals surface area contributed by atoms with Gasteiger partial charge in [0.2, 0.25) is 0 Å². The summed E-state index contributed by atoms with van der Waals surface area (Å²) in [5, 5.41) is 0.560. The van der Waals surface area contributed by atoms with Gasteiger partial charge in [0, 0.05) is 36.0 Å². The number of rotatable bonds is 2. The molecular weight excluding hydrogens is 248 g/mol. The van der Waals surface area contributed by atoms with Gasteiger partial charge in [-0.25, -0.2) is 0 Å². The Morgan fingerprint density at radius 1 is 1.44 bits per heavy atom. The molecule has 2 atom stereocenters. The number of anilines is 1. The predicted molar refractivity (Wildman–Crippen MR) is 71.6 cm³/mol. The van der Waals surface area contributed by atoms with Crippen LogP contribution in [0.5, 0.6) is 0 Å². The van der Waals surface area contributed by atoms with Gasteiger partial charge in [-0.2, -0.15) is 0 Å². The molecule has 0 saturated carbocycles. The summed E-state index contributed by atoms with van der Waals surface area (Å²) in [6, 6.07) is 1.99. The van der Waals surface area contributed by atoms with E-state index in [4.69, 9.17) is 15.2 Å². The highest BCUT2D eigenvalue weighted by Gasteiger charge is 2.41. The van der Waals surface area contributed by atoms with Gasteiger partial charge in [-0.1, -0.05) is 0 Å². The summed E-state index contributed by atoms with van der Waals surface area (Å²) in [7, 11) is 0. The molecule has 98 valence electrons. The van der Waals surface area contributed by atoms with E-state index in [9.17, 15) is 0 Å². The van der Waals surface area contributed by atoms with Crippen molar-refractivity contribution in [1.29, 1.82) is 0 Å². The maximum atomic E-state index is 5.94. The summed E-state index contributed by atoms with van der Waals surface area (Å²) < 4.78 is 11.4. The molecule has 18 heavy (non-hydrogen) atoms. The number of nitrogens with two attached hydrogens (primary N) is 1. The number of pyridine rings is 1. The fraction of sp³-hybridized carbons (Fsp3) is 0.615. The molecule has 1 aromatic rings. The van der Waals surface area contributed by atoms with Crippen LogP contribution in [0, 0.1) is 0 Å². The van der Waals surface area contributed by atoms with Gasteiger partial charge in [0.15, 0.2) is 0 Å². The molecule has 0 aliphatic carbocycles. The molecule has 2 saturated heterocycles. The van der Waals surface area contributed by atoms with Gasteiger partial charge in [-0.15, -0.1) is 11.8 Å². The Labute approximate surface area is 111 Å². The summed E-state index contributed by atoms with van der Waals surface area (Å²) in [6.07, 6.45) is 6.67. The van der Waals surface area contributed by atoms with Crippen LogP contribution in [0.15, 0.2) is 23.4 Å². The van der Waals surface area contributed by atoms with E-state index in [-0.39, 0.29) is 5.60 Å². The number of ether oxygens (including phenoxy) is 2. The molecule has 2 unspecified atom stereocenters. The van der Waals surface area contributed by atoms with Crippen molar-refractivity contribution < 1.29 is 9.47 Å². The molecule has 2 N–H and O–H groups in total. The molecule has 0 aromatic carbocycles. The largest absolute Gasteiger partial charge is 0.397 e. The minimum Gasteiger partial charge on any atom is -0.397 e. The monoisotopic (exact) mass is 266 g/mol. The Balaban J connectivity index is 1.68. The predicted octanol–water partition coefficient (Wildman–Crippen LogP) is 2.09. The fourth-order valence-electron chi connectivity index (χ4n) is 2.63. The molecule has 2 fully saturated rings. The van der Waals surface area contributed by atoms with Crippen molar-refractivity contribution in [3.05, 3.63) is 18.5 Å². The van der Waals surface area contributed by atoms with Crippen molar-refractivity contribution in [3.8, 4) is 0 Å². The summed E-state index contributed by atoms with van der Waals surface area (Å²) in [5.74, 6) is 0. The van der Waals surface area contributed by atoms with Gasteiger partial charge >= 0.3 is 0 Å². The lowest BCUT2D eigenvalue weighted by Crippen LogP contribution is -2.41. The lowest BCUT2D eigenvalue weighted by molar-refractivity contribution is -0.0769. The zero-order valence-corrected chi connectivity index (χ0v) is 11.1. The van der Waals surface area contributed by atoms with E-state index < -0.39 is 0 Å². The summed E-state index contributed by atoms with van der Waals surface area (Å²) in [4.78, 5) is 5.16. The van der Waals surface area contributed by atoms with Crippen LogP contribution >= 0.6 is 11.8 Å². The normalized spacial score (nSPS) is 31.9. The van der Waals surface area contributed by atoms with E-state index in [0.29, 0.717) is 5.25 Å². The minimum absolute atomic E-state index is 0.0301. The van der Waals surface area contributed by atoms with Crippen LogP contribution in [0.4, 0.5) is 5.69 Å². The van der Waals surface area contributed by atoms with Crippen LogP contribution in [0.25, 0.3) is 0 Å². The molecule has 2 aliphatic heterocycles. The fourth-order valence-corrected chi connectivity index (χ4v) is 3.92. The topological polar surface area (TPSA) is 57.4 Å². The van der Waals surface area contributed by atoms with E-state index in [0.717, 1.165) is 49.7 Å². The smallest absolute Gasteiger partial charge is 0.0947 e. The molecular formula is C13H18N2O2S. The van der Waals surface area contributed by atoms with Crippen molar-refractivity contribution in [2.24, 2.45) is 0 Å². The van der Waals surface area contributed by atoms with Crippen LogP contribution in [0.3, 0.4) is 0 Å². The van der Waals surface area contributed by atoms with Gasteiger partial charge < -0.3 is 15.2 Å². The number of nitrogen functional groups attached to an aromatic ring is 1. The number of hydrogen-bond donors (Lipinski definition) is 1. The first-order valence-electron chi connectivity index (χ1n) is 6.35. The first-order valence-corrected chi connectivity index (χ1v) is 7.23. The van der Waals surface area contributed by atoms with E-state index in [1.165, 1.54) is 0 Å². The van der Waals surface area contributed by atoms with Crippen LogP contribution in [0.2, 0.25) is 0 Å². The Morgan fingerprint density at radius 2 is 2.39 bits per heavy atom. The van der Waals surface area contributed by atoms with E-state index >= 15 is 0 Å². The van der Waals surface area contributed by atoms with Gasteiger partial charge in [0.25, 0.3) is 0 Å². The van der Waals surface area contributed by atoms with Gasteiger partial charge in [-0.05, 0) is 18.9 Å². The van der Waals surface area contributed by atoms with Crippen molar-refractivity contribution in [2.45, 2.75) is 35.0 Å². The zero-order chi connectivity index (χ0) is 12.4. The van der Waals surface area contributed by atoms with Crippen LogP contribution in [-0.4, -0.2) is 35.7 Å². The molecule has 0 radical (unpaired) electrons. The third-order valence-corrected chi connectivity index (χ3v) is 4.98. The Bertz CT molecular complexity index is 421. The van der Waals surface area contributed by atoms with Crippen LogP contribution in [-0.2, 0) is 9.47 Å². The first kappa shape index (κ1) is 12.3. The average molecular weight is 266 g/mol. The molecule has 5 heteroatoms. The van der Waals surface area contributed by atoms with Crippen LogP contribution < -0.4 is 5.73 Å². The molecule has 3 heterocycles. The number of aromatic nitrogens is 1. The minimum atomic E-state index is -0.0301. The van der Waals surface area contributed by atoms with Gasteiger partial charge in [0.1, 0.15) is 0 Å². The standard InChI is InChI=1S/C13H18N2O2S/c14-11-8-15-4-1-12(11)18-10-2-5-17-13(7-10)3-6-16-9-13/h1,4,8,10H,2-3,5-7,9,14H2. The molecule has 3 rings (SSSR count). The van der Waals surface area contributed by atoms with Crippen molar-refractivity contribution in [1.82, 2.24) is 4.98 Å². The second-order valence-electron chi connectivity index (χ2n) is 4.98. The molecule has 1 spiro atoms. The number of nitrogens with zero attached hydrogens (tertiary/aromatic N) is 1. The maximum Gasteiger partial charge on any atom is 0.0947 e. The molecule has 4 nitrogen and oxygen atoms in total. The Morgan fingerprint density at radius 3 is 3.17 bits per heavy atom. The second kappa shape index (κ2) is 5.07. The summed E-state index contributed by atoms with van der Waals surface area (Å²) in [6.45, 7) is 2.40. The second-order valence-corrected chi connectivity index (χ2v) is 6.32. The van der Waals surface area contributed by atoms with E-state index in [1.54, 1.807) is 12.4 Å². The van der Waals surface area contributed by atoms with Gasteiger partial charge in [0.05, 0.1) is 24.1 Å². The highest BCUT2D eigenvalue weighted by atomic mass is 32.2. The maximum absolute atomic E-state index is 5.94. The van der Waals surface area contributed by atoms with Crippen molar-refractivity contribution in [2.75, 3.05) is 25.6 Å². The van der Waals surface area contributed by atoms with E-state index in [2.05, 4.69) is 4.98 Å². The van der Waals surface area contributed by atoms with Crippen LogP contribution in [0.1, 0.15) is 19.3 Å². The van der Waals surface area contributed by atoms with E-state index in [1.807, 2.05) is 17.8 Å². The van der Waals surface area contributed by atoms with Crippen molar-refractivity contribution in [3.63, 3.8) is 0 Å². The lowest BCUT2D eigenvalue weighted by atomic mass is 9.93.